The van der Waals surface area contributed by atoms with Gasteiger partial charge < -0.3 is 0 Å². The van der Waals surface area contributed by atoms with Gasteiger partial charge in [-0.2, -0.15) is 5.10 Å². The highest BCUT2D eigenvalue weighted by Crippen LogP contribution is 2.38. The lowest BCUT2D eigenvalue weighted by molar-refractivity contribution is -0.124. The van der Waals surface area contributed by atoms with Gasteiger partial charge in [-0.05, 0) is 67.4 Å². The van der Waals surface area contributed by atoms with Gasteiger partial charge in [0.15, 0.2) is 5.17 Å². The Hall–Kier alpha value is -2.86. The number of aliphatic imine (C=N–C) groups is 1. The fraction of sp³-hybridized carbons (Fsp3) is 0.320. The number of aromatic nitrogens is 2. The van der Waals surface area contributed by atoms with E-state index in [9.17, 15) is 4.79 Å². The number of nitrogens with zero attached hydrogens (tertiary/aromatic N) is 4. The van der Waals surface area contributed by atoms with Gasteiger partial charge in [-0.25, -0.2) is 4.99 Å². The van der Waals surface area contributed by atoms with Gasteiger partial charge in [-0.1, -0.05) is 43.0 Å². The first kappa shape index (κ1) is 20.1. The Labute approximate surface area is 186 Å². The molecule has 0 atom stereocenters. The van der Waals surface area contributed by atoms with Crippen LogP contribution in [0.25, 0.3) is 17.0 Å². The van der Waals surface area contributed by atoms with Gasteiger partial charge in [0.05, 0.1) is 22.3 Å². The second-order valence-corrected chi connectivity index (χ2v) is 9.40. The molecule has 0 radical (unpaired) electrons. The highest BCUT2D eigenvalue weighted by Gasteiger charge is 2.38. The molecular formula is C25H26N4OS. The molecule has 1 aliphatic heterocycles. The number of hydrogen-bond acceptors (Lipinski definition) is 4. The highest BCUT2D eigenvalue weighted by molar-refractivity contribution is 8.18. The topological polar surface area (TPSA) is 50.5 Å². The van der Waals surface area contributed by atoms with Gasteiger partial charge in [0.1, 0.15) is 0 Å². The number of benzene rings is 2. The third kappa shape index (κ3) is 4.04. The molecule has 2 aliphatic rings. The van der Waals surface area contributed by atoms with Crippen molar-refractivity contribution in [3.8, 4) is 0 Å². The van der Waals surface area contributed by atoms with Crippen LogP contribution in [0.15, 0.2) is 58.6 Å². The number of hydrogen-bond donors (Lipinski definition) is 0. The largest absolute Gasteiger partial charge is 0.283 e. The SMILES string of the molecule is Cc1ccc(N=C2SC(=Cc3ccc4c(cnn4C)c3)C(=O)N2C2CCCCC2)cc1. The van der Waals surface area contributed by atoms with E-state index in [-0.39, 0.29) is 11.9 Å². The zero-order chi connectivity index (χ0) is 21.4. The van der Waals surface area contributed by atoms with Crippen molar-refractivity contribution in [1.29, 1.82) is 0 Å². The molecule has 1 saturated carbocycles. The maximum Gasteiger partial charge on any atom is 0.267 e. The van der Waals surface area contributed by atoms with E-state index in [0.717, 1.165) is 45.1 Å². The summed E-state index contributed by atoms with van der Waals surface area (Å²) in [7, 11) is 1.94. The molecular weight excluding hydrogens is 404 g/mol. The molecule has 0 bridgehead atoms. The van der Waals surface area contributed by atoms with Crippen molar-refractivity contribution in [2.24, 2.45) is 12.0 Å². The third-order valence-electron chi connectivity index (χ3n) is 6.10. The Balaban J connectivity index is 1.51. The molecule has 5 rings (SSSR count). The van der Waals surface area contributed by atoms with Crippen LogP contribution in [0.3, 0.4) is 0 Å². The van der Waals surface area contributed by atoms with Gasteiger partial charge in [0, 0.05) is 18.5 Å². The normalized spacial score (nSPS) is 20.5. The number of amidine groups is 1. The van der Waals surface area contributed by atoms with Crippen LogP contribution in [0.2, 0.25) is 0 Å². The third-order valence-corrected chi connectivity index (χ3v) is 7.09. The molecule has 3 aromatic rings. The summed E-state index contributed by atoms with van der Waals surface area (Å²) in [6.45, 7) is 2.07. The quantitative estimate of drug-likeness (QED) is 0.492. The van der Waals surface area contributed by atoms with Crippen LogP contribution in [-0.4, -0.2) is 31.8 Å². The summed E-state index contributed by atoms with van der Waals surface area (Å²) < 4.78 is 1.86. The van der Waals surface area contributed by atoms with Crippen molar-refractivity contribution < 1.29 is 4.79 Å². The van der Waals surface area contributed by atoms with Crippen LogP contribution < -0.4 is 0 Å². The summed E-state index contributed by atoms with van der Waals surface area (Å²) in [6, 6.07) is 14.6. The molecule has 2 aromatic carbocycles. The van der Waals surface area contributed by atoms with Crippen molar-refractivity contribution in [3.05, 3.63) is 64.7 Å². The predicted octanol–water partition coefficient (Wildman–Crippen LogP) is 5.82. The average molecular weight is 431 g/mol. The maximum absolute atomic E-state index is 13.5. The predicted molar refractivity (Wildman–Crippen MR) is 128 cm³/mol. The fourth-order valence-electron chi connectivity index (χ4n) is 4.38. The first-order valence-corrected chi connectivity index (χ1v) is 11.7. The van der Waals surface area contributed by atoms with Crippen molar-refractivity contribution in [1.82, 2.24) is 14.7 Å². The number of carbonyl (C=O) groups excluding carboxylic acids is 1. The monoisotopic (exact) mass is 430 g/mol. The van der Waals surface area contributed by atoms with Gasteiger partial charge in [0.25, 0.3) is 5.91 Å². The maximum atomic E-state index is 13.5. The van der Waals surface area contributed by atoms with E-state index in [1.54, 1.807) is 0 Å². The Morgan fingerprint density at radius 2 is 1.87 bits per heavy atom. The Bertz CT molecular complexity index is 1190. The van der Waals surface area contributed by atoms with Crippen LogP contribution >= 0.6 is 11.8 Å². The molecule has 0 N–H and O–H groups in total. The first-order valence-electron chi connectivity index (χ1n) is 10.9. The molecule has 0 unspecified atom stereocenters. The summed E-state index contributed by atoms with van der Waals surface area (Å²) in [5.74, 6) is 0.0778. The molecule has 1 amide bonds. The molecule has 5 nitrogen and oxygen atoms in total. The summed E-state index contributed by atoms with van der Waals surface area (Å²) in [5.41, 5.74) is 4.18. The molecule has 31 heavy (non-hydrogen) atoms. The van der Waals surface area contributed by atoms with Crippen molar-refractivity contribution >= 4 is 45.5 Å². The van der Waals surface area contributed by atoms with Crippen LogP contribution in [0.4, 0.5) is 5.69 Å². The Morgan fingerprint density at radius 1 is 1.10 bits per heavy atom. The Kier molecular flexibility index (Phi) is 5.40. The molecule has 0 spiro atoms. The van der Waals surface area contributed by atoms with Crippen LogP contribution in [0.5, 0.6) is 0 Å². The lowest BCUT2D eigenvalue weighted by Gasteiger charge is -2.30. The van der Waals surface area contributed by atoms with Crippen molar-refractivity contribution in [3.63, 3.8) is 0 Å². The van der Waals surface area contributed by atoms with E-state index in [1.807, 2.05) is 47.1 Å². The van der Waals surface area contributed by atoms with E-state index in [0.29, 0.717) is 0 Å². The smallest absolute Gasteiger partial charge is 0.267 e. The summed E-state index contributed by atoms with van der Waals surface area (Å²) in [6.07, 6.45) is 9.56. The number of carbonyl (C=O) groups is 1. The van der Waals surface area contributed by atoms with Crippen LogP contribution in [-0.2, 0) is 11.8 Å². The summed E-state index contributed by atoms with van der Waals surface area (Å²) in [5, 5.41) is 6.19. The lowest BCUT2D eigenvalue weighted by atomic mass is 9.94. The molecule has 1 aromatic heterocycles. The minimum atomic E-state index is 0.0778. The number of rotatable bonds is 3. The van der Waals surface area contributed by atoms with Crippen LogP contribution in [0, 0.1) is 6.92 Å². The number of amides is 1. The minimum absolute atomic E-state index is 0.0778. The number of thioether (sulfide) groups is 1. The summed E-state index contributed by atoms with van der Waals surface area (Å²) >= 11 is 1.49. The van der Waals surface area contributed by atoms with Crippen molar-refractivity contribution in [2.75, 3.05) is 0 Å². The lowest BCUT2D eigenvalue weighted by Crippen LogP contribution is -2.40. The fourth-order valence-corrected chi connectivity index (χ4v) is 5.44. The van der Waals surface area contributed by atoms with E-state index in [1.165, 1.54) is 36.6 Å². The molecule has 2 fully saturated rings. The molecule has 158 valence electrons. The molecule has 1 aliphatic carbocycles. The van der Waals surface area contributed by atoms with Gasteiger partial charge in [-0.15, -0.1) is 0 Å². The van der Waals surface area contributed by atoms with E-state index in [2.05, 4.69) is 36.3 Å². The minimum Gasteiger partial charge on any atom is -0.283 e. The number of fused-ring (bicyclic) bond motifs is 1. The van der Waals surface area contributed by atoms with Gasteiger partial charge in [-0.3, -0.25) is 14.4 Å². The van der Waals surface area contributed by atoms with Crippen molar-refractivity contribution in [2.45, 2.75) is 45.1 Å². The molecule has 2 heterocycles. The molecule has 1 saturated heterocycles. The second kappa shape index (κ2) is 8.35. The van der Waals surface area contributed by atoms with E-state index in [4.69, 9.17) is 4.99 Å². The first-order chi connectivity index (χ1) is 15.1. The summed E-state index contributed by atoms with van der Waals surface area (Å²) in [4.78, 5) is 21.0. The Morgan fingerprint density at radius 3 is 2.65 bits per heavy atom. The molecule has 6 heteroatoms. The van der Waals surface area contributed by atoms with E-state index < -0.39 is 0 Å². The average Bonchev–Trinajstić information content (AvgIpc) is 3.30. The van der Waals surface area contributed by atoms with Gasteiger partial charge >= 0.3 is 0 Å². The van der Waals surface area contributed by atoms with Crippen LogP contribution in [0.1, 0.15) is 43.2 Å². The second-order valence-electron chi connectivity index (χ2n) is 8.39. The van der Waals surface area contributed by atoms with E-state index >= 15 is 0 Å². The standard InChI is InChI=1S/C25H26N4OS/c1-17-8-11-20(12-9-17)27-25-29(21-6-4-3-5-7-21)24(30)23(31-25)15-18-10-13-22-19(14-18)16-26-28(22)2/h8-16,21H,3-7H2,1-2H3. The zero-order valence-electron chi connectivity index (χ0n) is 17.9. The highest BCUT2D eigenvalue weighted by atomic mass is 32.2. The van der Waals surface area contributed by atoms with Gasteiger partial charge in [0.2, 0.25) is 0 Å². The number of aryl methyl sites for hydroxylation is 2. The zero-order valence-corrected chi connectivity index (χ0v) is 18.7.